The molecule has 6 nitrogen and oxygen atoms in total. The van der Waals surface area contributed by atoms with Crippen LogP contribution in [0.4, 0.5) is 11.4 Å². The Morgan fingerprint density at radius 1 is 0.875 bits per heavy atom. The van der Waals surface area contributed by atoms with Crippen LogP contribution in [0.5, 0.6) is 0 Å². The number of carbonyl (C=O) groups is 1. The molecule has 0 spiro atoms. The van der Waals surface area contributed by atoms with E-state index in [-0.39, 0.29) is 12.5 Å². The largest absolute Gasteiger partial charge is 0.372 e. The first-order valence-electron chi connectivity index (χ1n) is 8.38. The van der Waals surface area contributed by atoms with Crippen LogP contribution in [-0.2, 0) is 14.8 Å². The van der Waals surface area contributed by atoms with Crippen molar-refractivity contribution in [3.8, 4) is 0 Å². The van der Waals surface area contributed by atoms with Gasteiger partial charge in [-0.1, -0.05) is 0 Å². The summed E-state index contributed by atoms with van der Waals surface area (Å²) in [6.07, 6.45) is 1.13. The van der Waals surface area contributed by atoms with Crippen molar-refractivity contribution in [2.75, 3.05) is 48.2 Å². The molecule has 0 heterocycles. The van der Waals surface area contributed by atoms with Gasteiger partial charge in [0.05, 0.1) is 11.9 Å². The Morgan fingerprint density at radius 2 is 1.33 bits per heavy atom. The minimum atomic E-state index is -3.53. The third-order valence-electron chi connectivity index (χ3n) is 4.06. The van der Waals surface area contributed by atoms with Gasteiger partial charge >= 0.3 is 0 Å². The molecule has 7 heteroatoms. The molecule has 24 heavy (non-hydrogen) atoms. The first kappa shape index (κ1) is 20.3. The molecule has 0 bridgehead atoms. The van der Waals surface area contributed by atoms with E-state index in [1.54, 1.807) is 17.0 Å². The summed E-state index contributed by atoms with van der Waals surface area (Å²) in [5, 5.41) is 0. The highest BCUT2D eigenvalue weighted by Gasteiger charge is 2.23. The summed E-state index contributed by atoms with van der Waals surface area (Å²) in [6, 6.07) is 7.29. The minimum Gasteiger partial charge on any atom is -0.372 e. The number of likely N-dealkylation sites (N-methyl/N-ethyl adjacent to an activating group) is 1. The fourth-order valence-corrected chi connectivity index (χ4v) is 3.47. The van der Waals surface area contributed by atoms with E-state index in [2.05, 4.69) is 18.7 Å². The maximum Gasteiger partial charge on any atom is 0.243 e. The Kier molecular flexibility index (Phi) is 7.54. The lowest BCUT2D eigenvalue weighted by Gasteiger charge is -2.27. The Morgan fingerprint density at radius 3 is 1.71 bits per heavy atom. The first-order valence-corrected chi connectivity index (χ1v) is 10.2. The molecule has 0 saturated heterocycles. The van der Waals surface area contributed by atoms with Crippen LogP contribution in [0.25, 0.3) is 0 Å². The van der Waals surface area contributed by atoms with Gasteiger partial charge < -0.3 is 9.80 Å². The smallest absolute Gasteiger partial charge is 0.243 e. The molecule has 0 N–H and O–H groups in total. The van der Waals surface area contributed by atoms with Crippen molar-refractivity contribution in [3.05, 3.63) is 24.3 Å². The standard InChI is InChI=1S/C17H29N3O3S/c1-6-18(7-2)15-10-12-16(13-11-15)20(24(5,22)23)14-17(21)19(8-3)9-4/h10-13H,6-9,14H2,1-5H3. The van der Waals surface area contributed by atoms with E-state index in [4.69, 9.17) is 0 Å². The number of nitrogens with zero attached hydrogens (tertiary/aromatic N) is 3. The number of anilines is 2. The fraction of sp³-hybridized carbons (Fsp3) is 0.588. The van der Waals surface area contributed by atoms with Crippen LogP contribution in [0.1, 0.15) is 27.7 Å². The predicted molar refractivity (Wildman–Crippen MR) is 100 cm³/mol. The SMILES string of the molecule is CCN(CC)C(=O)CN(c1ccc(N(CC)CC)cc1)S(C)(=O)=O. The van der Waals surface area contributed by atoms with E-state index in [1.165, 1.54) is 4.31 Å². The van der Waals surface area contributed by atoms with Gasteiger partial charge in [-0.2, -0.15) is 0 Å². The van der Waals surface area contributed by atoms with E-state index in [9.17, 15) is 13.2 Å². The van der Waals surface area contributed by atoms with E-state index in [0.29, 0.717) is 18.8 Å². The Labute approximate surface area is 146 Å². The molecule has 1 aromatic carbocycles. The van der Waals surface area contributed by atoms with Gasteiger partial charge in [-0.05, 0) is 52.0 Å². The van der Waals surface area contributed by atoms with Gasteiger partial charge in [-0.15, -0.1) is 0 Å². The van der Waals surface area contributed by atoms with E-state index in [1.807, 2.05) is 26.0 Å². The number of benzene rings is 1. The van der Waals surface area contributed by atoms with Gasteiger partial charge in [0.25, 0.3) is 0 Å². The van der Waals surface area contributed by atoms with Crippen LogP contribution in [-0.4, -0.2) is 58.2 Å². The molecule has 0 atom stereocenters. The van der Waals surface area contributed by atoms with E-state index < -0.39 is 10.0 Å². The highest BCUT2D eigenvalue weighted by Crippen LogP contribution is 2.22. The number of sulfonamides is 1. The summed E-state index contributed by atoms with van der Waals surface area (Å²) in [5.41, 5.74) is 1.54. The molecule has 0 fully saturated rings. The van der Waals surface area contributed by atoms with Crippen molar-refractivity contribution < 1.29 is 13.2 Å². The molecule has 0 unspecified atom stereocenters. The quantitative estimate of drug-likeness (QED) is 0.681. The highest BCUT2D eigenvalue weighted by molar-refractivity contribution is 7.92. The van der Waals surface area contributed by atoms with Crippen LogP contribution >= 0.6 is 0 Å². The lowest BCUT2D eigenvalue weighted by atomic mass is 10.2. The van der Waals surface area contributed by atoms with Crippen molar-refractivity contribution in [2.45, 2.75) is 27.7 Å². The van der Waals surface area contributed by atoms with Gasteiger partial charge in [0.15, 0.2) is 0 Å². The molecular weight excluding hydrogens is 326 g/mol. The highest BCUT2D eigenvalue weighted by atomic mass is 32.2. The molecule has 1 amide bonds. The number of hydrogen-bond donors (Lipinski definition) is 0. The average Bonchev–Trinajstić information content (AvgIpc) is 2.54. The Hall–Kier alpha value is -1.76. The predicted octanol–water partition coefficient (Wildman–Crippen LogP) is 2.17. The van der Waals surface area contributed by atoms with Crippen LogP contribution in [0.15, 0.2) is 24.3 Å². The maximum absolute atomic E-state index is 12.3. The maximum atomic E-state index is 12.3. The molecule has 0 aromatic heterocycles. The molecular formula is C17H29N3O3S. The first-order chi connectivity index (χ1) is 11.3. The van der Waals surface area contributed by atoms with Crippen LogP contribution < -0.4 is 9.21 Å². The molecule has 136 valence electrons. The number of rotatable bonds is 9. The zero-order valence-electron chi connectivity index (χ0n) is 15.3. The summed E-state index contributed by atoms with van der Waals surface area (Å²) in [5.74, 6) is -0.196. The van der Waals surface area contributed by atoms with Crippen molar-refractivity contribution in [1.29, 1.82) is 0 Å². The van der Waals surface area contributed by atoms with Gasteiger partial charge in [0.2, 0.25) is 15.9 Å². The van der Waals surface area contributed by atoms with Crippen LogP contribution in [0.3, 0.4) is 0 Å². The molecule has 0 aliphatic heterocycles. The molecule has 1 aromatic rings. The van der Waals surface area contributed by atoms with Crippen LogP contribution in [0, 0.1) is 0 Å². The summed E-state index contributed by atoms with van der Waals surface area (Å²) < 4.78 is 25.5. The molecule has 0 saturated carbocycles. The zero-order chi connectivity index (χ0) is 18.3. The second-order valence-corrected chi connectivity index (χ2v) is 7.43. The summed E-state index contributed by atoms with van der Waals surface area (Å²) in [6.45, 7) is 10.6. The summed E-state index contributed by atoms with van der Waals surface area (Å²) >= 11 is 0. The monoisotopic (exact) mass is 355 g/mol. The fourth-order valence-electron chi connectivity index (χ4n) is 2.62. The lowest BCUT2D eigenvalue weighted by Crippen LogP contribution is -2.42. The summed E-state index contributed by atoms with van der Waals surface area (Å²) in [4.78, 5) is 16.1. The average molecular weight is 356 g/mol. The third-order valence-corrected chi connectivity index (χ3v) is 5.20. The summed E-state index contributed by atoms with van der Waals surface area (Å²) in [7, 11) is -3.53. The molecule has 0 radical (unpaired) electrons. The second-order valence-electron chi connectivity index (χ2n) is 5.52. The number of amides is 1. The second kappa shape index (κ2) is 8.92. The molecule has 0 aliphatic rings. The third kappa shape index (κ3) is 5.12. The van der Waals surface area contributed by atoms with E-state index >= 15 is 0 Å². The van der Waals surface area contributed by atoms with E-state index in [0.717, 1.165) is 25.0 Å². The molecule has 0 aliphatic carbocycles. The Balaban J connectivity index is 3.08. The number of carbonyl (C=O) groups excluding carboxylic acids is 1. The lowest BCUT2D eigenvalue weighted by molar-refractivity contribution is -0.129. The van der Waals surface area contributed by atoms with Crippen LogP contribution in [0.2, 0.25) is 0 Å². The Bertz CT molecular complexity index is 621. The van der Waals surface area contributed by atoms with Crippen molar-refractivity contribution in [2.24, 2.45) is 0 Å². The zero-order valence-corrected chi connectivity index (χ0v) is 16.1. The molecule has 1 rings (SSSR count). The topological polar surface area (TPSA) is 60.9 Å². The van der Waals surface area contributed by atoms with Crippen molar-refractivity contribution in [1.82, 2.24) is 4.90 Å². The van der Waals surface area contributed by atoms with Gasteiger partial charge in [0.1, 0.15) is 6.54 Å². The minimum absolute atomic E-state index is 0.175. The van der Waals surface area contributed by atoms with Gasteiger partial charge in [0, 0.05) is 31.9 Å². The van der Waals surface area contributed by atoms with Crippen molar-refractivity contribution >= 4 is 27.3 Å². The van der Waals surface area contributed by atoms with Crippen molar-refractivity contribution in [3.63, 3.8) is 0 Å². The van der Waals surface area contributed by atoms with Gasteiger partial charge in [-0.3, -0.25) is 9.10 Å². The normalized spacial score (nSPS) is 11.2. The number of hydrogen-bond acceptors (Lipinski definition) is 4. The van der Waals surface area contributed by atoms with Gasteiger partial charge in [-0.25, -0.2) is 8.42 Å².